The summed E-state index contributed by atoms with van der Waals surface area (Å²) in [6.45, 7) is 1.22. The van der Waals surface area contributed by atoms with E-state index in [-0.39, 0.29) is 29.6 Å². The van der Waals surface area contributed by atoms with Gasteiger partial charge in [0.1, 0.15) is 6.07 Å². The minimum atomic E-state index is -4.75. The fourth-order valence-electron chi connectivity index (χ4n) is 5.20. The van der Waals surface area contributed by atoms with Gasteiger partial charge in [0.15, 0.2) is 0 Å². The molecule has 1 saturated carbocycles. The molecule has 36 heavy (non-hydrogen) atoms. The first kappa shape index (κ1) is 25.2. The molecule has 1 fully saturated rings. The summed E-state index contributed by atoms with van der Waals surface area (Å²) in [6, 6.07) is 9.80. The second kappa shape index (κ2) is 9.64. The van der Waals surface area contributed by atoms with E-state index < -0.39 is 46.4 Å². The molecule has 2 unspecified atom stereocenters. The van der Waals surface area contributed by atoms with Crippen LogP contribution in [0.25, 0.3) is 10.9 Å². The molecule has 0 aliphatic heterocycles. The number of fused-ring (bicyclic) bond motifs is 1. The van der Waals surface area contributed by atoms with E-state index >= 15 is 0 Å². The van der Waals surface area contributed by atoms with Gasteiger partial charge in [-0.3, -0.25) is 18.7 Å². The Bertz CT molecular complexity index is 1500. The maximum Gasteiger partial charge on any atom is 0.417 e. The molecule has 1 heterocycles. The lowest BCUT2D eigenvalue weighted by Crippen LogP contribution is -2.44. The van der Waals surface area contributed by atoms with Crippen molar-refractivity contribution in [3.63, 3.8) is 0 Å². The smallest absolute Gasteiger partial charge is 0.417 e. The number of aromatic nitrogens is 2. The van der Waals surface area contributed by atoms with E-state index in [0.29, 0.717) is 18.4 Å². The average Bonchev–Trinajstić information content (AvgIpc) is 2.83. The van der Waals surface area contributed by atoms with E-state index in [4.69, 9.17) is 0 Å². The van der Waals surface area contributed by atoms with E-state index in [1.807, 2.05) is 0 Å². The van der Waals surface area contributed by atoms with Crippen molar-refractivity contribution in [1.82, 2.24) is 9.13 Å². The molecular formula is C26H24F3N3O4. The van der Waals surface area contributed by atoms with Crippen molar-refractivity contribution in [2.75, 3.05) is 0 Å². The number of aryl methyl sites for hydroxylation is 1. The van der Waals surface area contributed by atoms with Crippen LogP contribution in [0.4, 0.5) is 13.2 Å². The van der Waals surface area contributed by atoms with Crippen LogP contribution in [0.3, 0.4) is 0 Å². The second-order valence-electron chi connectivity index (χ2n) is 9.19. The summed E-state index contributed by atoms with van der Waals surface area (Å²) in [4.78, 5) is 38.8. The summed E-state index contributed by atoms with van der Waals surface area (Å²) in [5, 5.41) is 19.4. The van der Waals surface area contributed by atoms with Crippen molar-refractivity contribution in [3.8, 4) is 6.07 Å². The average molecular weight is 499 g/mol. The predicted octanol–water partition coefficient (Wildman–Crippen LogP) is 4.30. The van der Waals surface area contributed by atoms with Crippen molar-refractivity contribution < 1.29 is 23.1 Å². The molecule has 3 aromatic rings. The Morgan fingerprint density at radius 2 is 1.81 bits per heavy atom. The first-order chi connectivity index (χ1) is 17.0. The molecule has 0 spiro atoms. The number of hydrogen-bond acceptors (Lipinski definition) is 4. The first-order valence-corrected chi connectivity index (χ1v) is 11.6. The molecule has 2 aromatic carbocycles. The van der Waals surface area contributed by atoms with Crippen LogP contribution in [-0.4, -0.2) is 20.2 Å². The number of benzene rings is 2. The van der Waals surface area contributed by atoms with E-state index in [1.54, 1.807) is 25.1 Å². The highest BCUT2D eigenvalue weighted by Gasteiger charge is 2.35. The number of nitrogens with zero attached hydrogens (tertiary/aromatic N) is 3. The molecule has 1 aromatic heterocycles. The number of halogens is 3. The van der Waals surface area contributed by atoms with Gasteiger partial charge in [-0.1, -0.05) is 37.1 Å². The Morgan fingerprint density at radius 3 is 2.47 bits per heavy atom. The quantitative estimate of drug-likeness (QED) is 0.564. The van der Waals surface area contributed by atoms with Crippen LogP contribution in [0, 0.1) is 30.1 Å². The number of carbonyl (C=O) groups is 1. The highest BCUT2D eigenvalue weighted by Crippen LogP contribution is 2.34. The molecule has 4 rings (SSSR count). The van der Waals surface area contributed by atoms with Crippen molar-refractivity contribution in [2.24, 2.45) is 11.8 Å². The van der Waals surface area contributed by atoms with Crippen molar-refractivity contribution >= 4 is 16.9 Å². The Balaban J connectivity index is 1.92. The van der Waals surface area contributed by atoms with Gasteiger partial charge in [-0.25, -0.2) is 4.79 Å². The van der Waals surface area contributed by atoms with Gasteiger partial charge in [-0.15, -0.1) is 0 Å². The van der Waals surface area contributed by atoms with Gasteiger partial charge >= 0.3 is 17.8 Å². The van der Waals surface area contributed by atoms with Crippen LogP contribution in [0.15, 0.2) is 46.0 Å². The molecule has 0 radical (unpaired) electrons. The number of alkyl halides is 3. The van der Waals surface area contributed by atoms with Gasteiger partial charge in [0, 0.05) is 6.54 Å². The summed E-state index contributed by atoms with van der Waals surface area (Å²) in [7, 11) is 0. The maximum absolute atomic E-state index is 13.6. The van der Waals surface area contributed by atoms with Gasteiger partial charge in [-0.05, 0) is 48.9 Å². The molecule has 2 atom stereocenters. The molecule has 7 nitrogen and oxygen atoms in total. The zero-order valence-electron chi connectivity index (χ0n) is 19.5. The largest absolute Gasteiger partial charge is 0.481 e. The lowest BCUT2D eigenvalue weighted by molar-refractivity contribution is -0.145. The summed E-state index contributed by atoms with van der Waals surface area (Å²) < 4.78 is 42.7. The molecular weight excluding hydrogens is 475 g/mol. The Hall–Kier alpha value is -3.87. The van der Waals surface area contributed by atoms with Crippen LogP contribution in [0.5, 0.6) is 0 Å². The highest BCUT2D eigenvalue weighted by atomic mass is 19.4. The third-order valence-corrected chi connectivity index (χ3v) is 7.00. The van der Waals surface area contributed by atoms with Crippen LogP contribution >= 0.6 is 0 Å². The molecule has 1 aliphatic carbocycles. The van der Waals surface area contributed by atoms with Crippen LogP contribution < -0.4 is 11.2 Å². The van der Waals surface area contributed by atoms with Crippen LogP contribution in [0.1, 0.15) is 47.9 Å². The topological polar surface area (TPSA) is 105 Å². The molecule has 0 bridgehead atoms. The predicted molar refractivity (Wildman–Crippen MR) is 126 cm³/mol. The minimum absolute atomic E-state index is 0.0106. The molecule has 1 aliphatic rings. The number of hydrogen-bond donors (Lipinski definition) is 1. The molecule has 188 valence electrons. The van der Waals surface area contributed by atoms with E-state index in [1.165, 1.54) is 22.8 Å². The minimum Gasteiger partial charge on any atom is -0.481 e. The SMILES string of the molecule is Cc1cccc2c1c(=O)n(CC1CCCCC1C(=O)O)c(=O)n2Cc1cccc(C(F)(F)F)c1C#N. The Morgan fingerprint density at radius 1 is 1.11 bits per heavy atom. The number of rotatable bonds is 5. The highest BCUT2D eigenvalue weighted by molar-refractivity contribution is 5.81. The first-order valence-electron chi connectivity index (χ1n) is 11.6. The van der Waals surface area contributed by atoms with E-state index in [9.17, 15) is 37.9 Å². The van der Waals surface area contributed by atoms with Crippen molar-refractivity contribution in [3.05, 3.63) is 79.5 Å². The van der Waals surface area contributed by atoms with E-state index in [0.717, 1.165) is 23.5 Å². The molecule has 1 N–H and O–H groups in total. The molecule has 10 heteroatoms. The van der Waals surface area contributed by atoms with Gasteiger partial charge in [-0.2, -0.15) is 18.4 Å². The Labute approximate surface area is 204 Å². The summed E-state index contributed by atoms with van der Waals surface area (Å²) in [6.07, 6.45) is -2.24. The van der Waals surface area contributed by atoms with Gasteiger partial charge in [0.05, 0.1) is 34.5 Å². The zero-order valence-corrected chi connectivity index (χ0v) is 19.5. The standard InChI is InChI=1S/C26H24F3N3O4/c1-15-6-4-11-21-22(15)23(33)32(14-16-7-2-3-9-18(16)24(34)35)25(36)31(21)13-17-8-5-10-20(19(17)12-30)26(27,28)29/h4-6,8,10-11,16,18H,2-3,7,9,13-14H2,1H3,(H,34,35). The summed E-state index contributed by atoms with van der Waals surface area (Å²) in [5.41, 5.74) is -2.21. The fraction of sp³-hybridized carbons (Fsp3) is 0.385. The van der Waals surface area contributed by atoms with Gasteiger partial charge in [0.25, 0.3) is 5.56 Å². The fourth-order valence-corrected chi connectivity index (χ4v) is 5.20. The lowest BCUT2D eigenvalue weighted by Gasteiger charge is -2.29. The number of carboxylic acid groups (broad SMARTS) is 1. The molecule has 0 amide bonds. The molecule has 0 saturated heterocycles. The number of nitriles is 1. The summed E-state index contributed by atoms with van der Waals surface area (Å²) >= 11 is 0. The van der Waals surface area contributed by atoms with Gasteiger partial charge in [0.2, 0.25) is 0 Å². The van der Waals surface area contributed by atoms with Crippen molar-refractivity contribution in [1.29, 1.82) is 5.26 Å². The van der Waals surface area contributed by atoms with Crippen molar-refractivity contribution in [2.45, 2.75) is 51.9 Å². The van der Waals surface area contributed by atoms with E-state index in [2.05, 4.69) is 0 Å². The second-order valence-corrected chi connectivity index (χ2v) is 9.19. The third-order valence-electron chi connectivity index (χ3n) is 7.00. The van der Waals surface area contributed by atoms with Crippen LogP contribution in [-0.2, 0) is 24.1 Å². The summed E-state index contributed by atoms with van der Waals surface area (Å²) in [5.74, 6) is -2.10. The maximum atomic E-state index is 13.6. The monoisotopic (exact) mass is 499 g/mol. The zero-order chi connectivity index (χ0) is 26.2. The van der Waals surface area contributed by atoms with Crippen LogP contribution in [0.2, 0.25) is 0 Å². The third kappa shape index (κ3) is 4.53. The Kier molecular flexibility index (Phi) is 6.76. The van der Waals surface area contributed by atoms with Gasteiger partial charge < -0.3 is 5.11 Å². The number of aliphatic carboxylic acids is 1. The number of carboxylic acids is 1. The lowest BCUT2D eigenvalue weighted by atomic mass is 9.79. The normalized spacial score (nSPS) is 18.2.